The molecule has 31 heavy (non-hydrogen) atoms. The maximum Gasteiger partial charge on any atom is 0.325 e. The molecule has 1 saturated heterocycles. The molecule has 3 aromatic rings. The van der Waals surface area contributed by atoms with Gasteiger partial charge in [0.2, 0.25) is 11.9 Å². The molecule has 10 heteroatoms. The number of nitrogens with two attached hydrogens (primary N) is 1. The van der Waals surface area contributed by atoms with Crippen LogP contribution in [0.1, 0.15) is 23.9 Å². The molecule has 9 nitrogen and oxygen atoms in total. The Labute approximate surface area is 183 Å². The zero-order valence-electron chi connectivity index (χ0n) is 16.9. The van der Waals surface area contributed by atoms with Gasteiger partial charge in [0, 0.05) is 16.3 Å². The molecule has 0 aliphatic carbocycles. The lowest BCUT2D eigenvalue weighted by molar-refractivity contribution is -0.131. The van der Waals surface area contributed by atoms with E-state index in [1.807, 2.05) is 31.2 Å². The molecule has 1 fully saturated rings. The Kier molecular flexibility index (Phi) is 5.20. The topological polar surface area (TPSA) is 126 Å². The second-order valence-corrected chi connectivity index (χ2v) is 7.71. The highest BCUT2D eigenvalue weighted by Crippen LogP contribution is 2.33. The van der Waals surface area contributed by atoms with Gasteiger partial charge in [-0.1, -0.05) is 48.0 Å². The highest BCUT2D eigenvalue weighted by Gasteiger charge is 2.50. The van der Waals surface area contributed by atoms with Gasteiger partial charge in [-0.2, -0.15) is 15.0 Å². The number of halogens is 1. The van der Waals surface area contributed by atoms with Gasteiger partial charge in [-0.3, -0.25) is 9.69 Å². The predicted octanol–water partition coefficient (Wildman–Crippen LogP) is 3.13. The van der Waals surface area contributed by atoms with Gasteiger partial charge in [0.05, 0.1) is 6.54 Å². The smallest absolute Gasteiger partial charge is 0.325 e. The third kappa shape index (κ3) is 3.87. The number of nitrogens with one attached hydrogen (secondary N) is 2. The molecule has 1 aliphatic rings. The van der Waals surface area contributed by atoms with Crippen molar-refractivity contribution in [3.8, 4) is 0 Å². The quantitative estimate of drug-likeness (QED) is 0.523. The summed E-state index contributed by atoms with van der Waals surface area (Å²) in [7, 11) is 0. The minimum atomic E-state index is -1.30. The number of imide groups is 1. The zero-order chi connectivity index (χ0) is 22.2. The van der Waals surface area contributed by atoms with Gasteiger partial charge in [0.15, 0.2) is 5.82 Å². The van der Waals surface area contributed by atoms with E-state index >= 15 is 0 Å². The van der Waals surface area contributed by atoms with Crippen molar-refractivity contribution in [1.82, 2.24) is 25.2 Å². The van der Waals surface area contributed by atoms with E-state index in [0.29, 0.717) is 10.6 Å². The molecule has 2 aromatic carbocycles. The van der Waals surface area contributed by atoms with Crippen molar-refractivity contribution in [2.75, 3.05) is 11.1 Å². The lowest BCUT2D eigenvalue weighted by Gasteiger charge is -2.23. The van der Waals surface area contributed by atoms with Gasteiger partial charge >= 0.3 is 6.03 Å². The first-order valence-electron chi connectivity index (χ1n) is 9.50. The molecule has 0 spiro atoms. The molecule has 3 amide bonds. The molecular formula is C21H20ClN7O2. The number of para-hydroxylation sites is 1. The van der Waals surface area contributed by atoms with E-state index in [9.17, 15) is 9.59 Å². The number of hydrogen-bond acceptors (Lipinski definition) is 7. The van der Waals surface area contributed by atoms with Crippen LogP contribution in [-0.2, 0) is 16.9 Å². The van der Waals surface area contributed by atoms with E-state index in [1.165, 1.54) is 0 Å². The van der Waals surface area contributed by atoms with Gasteiger partial charge in [-0.05, 0) is 31.5 Å². The number of hydrogen-bond donors (Lipinski definition) is 3. The molecule has 1 atom stereocenters. The van der Waals surface area contributed by atoms with E-state index in [4.69, 9.17) is 17.3 Å². The minimum absolute atomic E-state index is 0.0259. The molecule has 4 rings (SSSR count). The number of aromatic nitrogens is 3. The lowest BCUT2D eigenvalue weighted by Crippen LogP contribution is -2.41. The van der Waals surface area contributed by atoms with Crippen LogP contribution in [0.2, 0.25) is 5.02 Å². The van der Waals surface area contributed by atoms with Crippen LogP contribution in [0.3, 0.4) is 0 Å². The third-order valence-electron chi connectivity index (χ3n) is 5.08. The standard InChI is InChI=1S/C21H20ClN7O2/c1-12-7-3-6-10-15(12)24-19-26-16(25-18(23)27-19)11-29-17(30)21(2,28-20(29)31)13-8-4-5-9-14(13)22/h3-10H,11H2,1-2H3,(H,28,31)(H3,23,24,25,26,27)/t21-/m1/s1. The maximum absolute atomic E-state index is 13.2. The van der Waals surface area contributed by atoms with Crippen LogP contribution in [0.4, 0.5) is 22.4 Å². The molecule has 4 N–H and O–H groups in total. The molecular weight excluding hydrogens is 418 g/mol. The Morgan fingerprint density at radius 1 is 1.10 bits per heavy atom. The van der Waals surface area contributed by atoms with Crippen LogP contribution in [0.15, 0.2) is 48.5 Å². The molecule has 0 bridgehead atoms. The van der Waals surface area contributed by atoms with E-state index in [0.717, 1.165) is 16.2 Å². The number of anilines is 3. The summed E-state index contributed by atoms with van der Waals surface area (Å²) in [6, 6.07) is 13.9. The number of carbonyl (C=O) groups is 2. The summed E-state index contributed by atoms with van der Waals surface area (Å²) in [6.07, 6.45) is 0. The van der Waals surface area contributed by atoms with Crippen LogP contribution < -0.4 is 16.4 Å². The van der Waals surface area contributed by atoms with Crippen molar-refractivity contribution < 1.29 is 9.59 Å². The van der Waals surface area contributed by atoms with Crippen molar-refractivity contribution in [1.29, 1.82) is 0 Å². The first kappa shape index (κ1) is 20.5. The fourth-order valence-electron chi connectivity index (χ4n) is 3.43. The van der Waals surface area contributed by atoms with Crippen LogP contribution >= 0.6 is 11.6 Å². The Hall–Kier alpha value is -3.72. The summed E-state index contributed by atoms with van der Waals surface area (Å²) in [5.74, 6) is -0.0896. The lowest BCUT2D eigenvalue weighted by atomic mass is 9.92. The van der Waals surface area contributed by atoms with Gasteiger partial charge < -0.3 is 16.4 Å². The van der Waals surface area contributed by atoms with E-state index in [-0.39, 0.29) is 24.3 Å². The minimum Gasteiger partial charge on any atom is -0.368 e. The van der Waals surface area contributed by atoms with Crippen molar-refractivity contribution in [3.05, 3.63) is 70.5 Å². The first-order valence-corrected chi connectivity index (χ1v) is 9.88. The number of nitrogens with zero attached hydrogens (tertiary/aromatic N) is 4. The van der Waals surface area contributed by atoms with Crippen molar-refractivity contribution in [2.45, 2.75) is 25.9 Å². The highest BCUT2D eigenvalue weighted by molar-refractivity contribution is 6.32. The fraction of sp³-hybridized carbons (Fsp3) is 0.190. The van der Waals surface area contributed by atoms with E-state index in [2.05, 4.69) is 25.6 Å². The Balaban J connectivity index is 1.60. The van der Waals surface area contributed by atoms with Crippen LogP contribution in [0.5, 0.6) is 0 Å². The SMILES string of the molecule is Cc1ccccc1Nc1nc(N)nc(CN2C(=O)N[C@](C)(c3ccccc3Cl)C2=O)n1. The van der Waals surface area contributed by atoms with Crippen LogP contribution in [-0.4, -0.2) is 31.8 Å². The molecule has 1 aromatic heterocycles. The maximum atomic E-state index is 13.2. The van der Waals surface area contributed by atoms with Gasteiger partial charge in [-0.25, -0.2) is 4.79 Å². The van der Waals surface area contributed by atoms with Crippen molar-refractivity contribution >= 4 is 41.1 Å². The molecule has 158 valence electrons. The molecule has 0 unspecified atom stereocenters. The van der Waals surface area contributed by atoms with Gasteiger partial charge in [-0.15, -0.1) is 0 Å². The summed E-state index contributed by atoms with van der Waals surface area (Å²) in [6.45, 7) is 3.39. The largest absolute Gasteiger partial charge is 0.368 e. The van der Waals surface area contributed by atoms with E-state index in [1.54, 1.807) is 31.2 Å². The number of benzene rings is 2. The zero-order valence-corrected chi connectivity index (χ0v) is 17.6. The number of urea groups is 1. The number of carbonyl (C=O) groups excluding carboxylic acids is 2. The first-order chi connectivity index (χ1) is 14.8. The Bertz CT molecular complexity index is 1190. The number of rotatable bonds is 5. The molecule has 2 heterocycles. The summed E-state index contributed by atoms with van der Waals surface area (Å²) in [5, 5.41) is 6.19. The predicted molar refractivity (Wildman–Crippen MR) is 117 cm³/mol. The number of amides is 3. The molecule has 0 radical (unpaired) electrons. The highest BCUT2D eigenvalue weighted by atomic mass is 35.5. The summed E-state index contributed by atoms with van der Waals surface area (Å²) in [5.41, 5.74) is 6.85. The van der Waals surface area contributed by atoms with Crippen LogP contribution in [0, 0.1) is 6.92 Å². The van der Waals surface area contributed by atoms with E-state index < -0.39 is 17.5 Å². The molecule has 1 aliphatic heterocycles. The third-order valence-corrected chi connectivity index (χ3v) is 5.41. The van der Waals surface area contributed by atoms with Gasteiger partial charge in [0.1, 0.15) is 5.54 Å². The normalized spacial score (nSPS) is 18.2. The van der Waals surface area contributed by atoms with Gasteiger partial charge in [0.25, 0.3) is 5.91 Å². The Morgan fingerprint density at radius 3 is 2.55 bits per heavy atom. The average molecular weight is 438 g/mol. The second-order valence-electron chi connectivity index (χ2n) is 7.30. The Morgan fingerprint density at radius 2 is 1.81 bits per heavy atom. The second kappa shape index (κ2) is 7.84. The fourth-order valence-corrected chi connectivity index (χ4v) is 3.75. The van der Waals surface area contributed by atoms with Crippen LogP contribution in [0.25, 0.3) is 0 Å². The summed E-state index contributed by atoms with van der Waals surface area (Å²) < 4.78 is 0. The average Bonchev–Trinajstić information content (AvgIpc) is 2.93. The van der Waals surface area contributed by atoms with Crippen molar-refractivity contribution in [3.63, 3.8) is 0 Å². The summed E-state index contributed by atoms with van der Waals surface area (Å²) >= 11 is 6.27. The number of aryl methyl sites for hydroxylation is 1. The summed E-state index contributed by atoms with van der Waals surface area (Å²) in [4.78, 5) is 39.3. The van der Waals surface area contributed by atoms with Crippen molar-refractivity contribution in [2.24, 2.45) is 0 Å². The number of nitrogen functional groups attached to an aromatic ring is 1. The monoisotopic (exact) mass is 437 g/mol. The molecule has 0 saturated carbocycles.